The first kappa shape index (κ1) is 19.9. The molecule has 3 heterocycles. The molecule has 2 aromatic rings. The zero-order chi connectivity index (χ0) is 20.8. The number of hydrogen-bond donors (Lipinski definition) is 1. The summed E-state index contributed by atoms with van der Waals surface area (Å²) in [5.41, 5.74) is -0.00123. The fourth-order valence-corrected chi connectivity index (χ4v) is 4.19. The van der Waals surface area contributed by atoms with Gasteiger partial charge in [0.15, 0.2) is 5.82 Å². The molecule has 2 fully saturated rings. The molecule has 9 heteroatoms. The van der Waals surface area contributed by atoms with Crippen LogP contribution in [0.5, 0.6) is 5.75 Å². The Morgan fingerprint density at radius 2 is 1.97 bits per heavy atom. The predicted molar refractivity (Wildman–Crippen MR) is 102 cm³/mol. The number of aromatic hydroxyl groups is 1. The lowest BCUT2D eigenvalue weighted by molar-refractivity contribution is -0.137. The Balaban J connectivity index is 1.61. The molecular formula is C20H23F3N4O2. The summed E-state index contributed by atoms with van der Waals surface area (Å²) in [4.78, 5) is 4.44. The minimum atomic E-state index is -4.52. The van der Waals surface area contributed by atoms with Crippen molar-refractivity contribution in [3.8, 4) is 17.0 Å². The number of likely N-dealkylation sites (tertiary alicyclic amines) is 1. The molecule has 0 spiro atoms. The van der Waals surface area contributed by atoms with Gasteiger partial charge in [0.1, 0.15) is 5.75 Å². The molecule has 0 amide bonds. The monoisotopic (exact) mass is 408 g/mol. The number of ether oxygens (including phenoxy) is 1. The van der Waals surface area contributed by atoms with Gasteiger partial charge in [-0.3, -0.25) is 0 Å². The number of nitrogens with zero attached hydrogens (tertiary/aromatic N) is 4. The van der Waals surface area contributed by atoms with Crippen LogP contribution in [0.25, 0.3) is 11.3 Å². The van der Waals surface area contributed by atoms with Gasteiger partial charge in [-0.2, -0.15) is 13.2 Å². The van der Waals surface area contributed by atoms with Crippen LogP contribution in [0.4, 0.5) is 19.0 Å². The number of halogens is 3. The number of anilines is 1. The number of aromatic nitrogens is 2. The van der Waals surface area contributed by atoms with Gasteiger partial charge in [-0.15, -0.1) is 10.2 Å². The topological polar surface area (TPSA) is 61.7 Å². The number of phenolic OH excluding ortho intramolecular Hbond substituents is 1. The fourth-order valence-electron chi connectivity index (χ4n) is 4.19. The Hall–Kier alpha value is -2.39. The second-order valence-corrected chi connectivity index (χ2v) is 7.68. The SMILES string of the molecule is Cc1cc(C(F)(F)F)cc(O)c1-c1ccc(N2CCO[C@@H]3CCN(C)C[C@H]32)nn1. The lowest BCUT2D eigenvalue weighted by Crippen LogP contribution is -2.59. The molecule has 2 aliphatic heterocycles. The van der Waals surface area contributed by atoms with E-state index in [1.165, 1.54) is 6.92 Å². The maximum Gasteiger partial charge on any atom is 0.416 e. The molecule has 0 bridgehead atoms. The van der Waals surface area contributed by atoms with Crippen molar-refractivity contribution in [2.24, 2.45) is 0 Å². The Kier molecular flexibility index (Phi) is 5.12. The molecule has 29 heavy (non-hydrogen) atoms. The van der Waals surface area contributed by atoms with Gasteiger partial charge in [-0.1, -0.05) is 0 Å². The third-order valence-electron chi connectivity index (χ3n) is 5.63. The zero-order valence-corrected chi connectivity index (χ0v) is 16.3. The number of phenols is 1. The first-order valence-electron chi connectivity index (χ1n) is 9.56. The molecule has 1 N–H and O–H groups in total. The van der Waals surface area contributed by atoms with E-state index in [4.69, 9.17) is 4.74 Å². The van der Waals surface area contributed by atoms with Crippen molar-refractivity contribution >= 4 is 5.82 Å². The number of benzene rings is 1. The molecule has 2 atom stereocenters. The lowest BCUT2D eigenvalue weighted by Gasteiger charge is -2.46. The molecular weight excluding hydrogens is 385 g/mol. The van der Waals surface area contributed by atoms with Crippen LogP contribution in [0.15, 0.2) is 24.3 Å². The molecule has 4 rings (SSSR count). The number of fused-ring (bicyclic) bond motifs is 1. The van der Waals surface area contributed by atoms with E-state index >= 15 is 0 Å². The van der Waals surface area contributed by atoms with Gasteiger partial charge in [0, 0.05) is 25.2 Å². The molecule has 0 aliphatic carbocycles. The van der Waals surface area contributed by atoms with Gasteiger partial charge in [-0.05, 0) is 50.2 Å². The largest absolute Gasteiger partial charge is 0.507 e. The normalized spacial score (nSPS) is 23.1. The van der Waals surface area contributed by atoms with Crippen LogP contribution in [-0.2, 0) is 10.9 Å². The van der Waals surface area contributed by atoms with Gasteiger partial charge < -0.3 is 19.6 Å². The Bertz CT molecular complexity index is 865. The van der Waals surface area contributed by atoms with Crippen molar-refractivity contribution in [3.05, 3.63) is 35.4 Å². The second-order valence-electron chi connectivity index (χ2n) is 7.68. The van der Waals surface area contributed by atoms with Crippen LogP contribution in [-0.4, -0.2) is 65.6 Å². The molecule has 0 saturated carbocycles. The molecule has 2 saturated heterocycles. The summed E-state index contributed by atoms with van der Waals surface area (Å²) < 4.78 is 44.7. The fraction of sp³-hybridized carbons (Fsp3) is 0.500. The van der Waals surface area contributed by atoms with Crippen molar-refractivity contribution in [2.45, 2.75) is 31.7 Å². The highest BCUT2D eigenvalue weighted by molar-refractivity contribution is 5.71. The number of aryl methyl sites for hydroxylation is 1. The van der Waals surface area contributed by atoms with E-state index in [-0.39, 0.29) is 17.7 Å². The highest BCUT2D eigenvalue weighted by Crippen LogP contribution is 2.38. The average Bonchev–Trinajstić information content (AvgIpc) is 2.67. The highest BCUT2D eigenvalue weighted by Gasteiger charge is 2.37. The summed E-state index contributed by atoms with van der Waals surface area (Å²) >= 11 is 0. The third-order valence-corrected chi connectivity index (χ3v) is 5.63. The molecule has 156 valence electrons. The van der Waals surface area contributed by atoms with Crippen molar-refractivity contribution in [2.75, 3.05) is 38.2 Å². The molecule has 1 aromatic carbocycles. The summed E-state index contributed by atoms with van der Waals surface area (Å²) in [6.45, 7) is 4.70. The van der Waals surface area contributed by atoms with Gasteiger partial charge in [-0.25, -0.2) is 0 Å². The molecule has 1 aromatic heterocycles. The molecule has 0 radical (unpaired) electrons. The van der Waals surface area contributed by atoms with E-state index in [2.05, 4.69) is 27.0 Å². The second kappa shape index (κ2) is 7.46. The summed E-state index contributed by atoms with van der Waals surface area (Å²) in [6, 6.07) is 5.41. The maximum absolute atomic E-state index is 12.9. The number of piperidine rings is 1. The van der Waals surface area contributed by atoms with Gasteiger partial charge >= 0.3 is 6.18 Å². The van der Waals surface area contributed by atoms with E-state index in [9.17, 15) is 18.3 Å². The van der Waals surface area contributed by atoms with E-state index in [1.54, 1.807) is 12.1 Å². The average molecular weight is 408 g/mol. The van der Waals surface area contributed by atoms with Crippen LogP contribution in [0.1, 0.15) is 17.5 Å². The number of morpholine rings is 1. The number of hydrogen-bond acceptors (Lipinski definition) is 6. The minimum absolute atomic E-state index is 0.155. The molecule has 6 nitrogen and oxygen atoms in total. The summed E-state index contributed by atoms with van der Waals surface area (Å²) in [5, 5.41) is 18.7. The van der Waals surface area contributed by atoms with Gasteiger partial charge in [0.2, 0.25) is 0 Å². The predicted octanol–water partition coefficient (Wildman–Crippen LogP) is 3.09. The summed E-state index contributed by atoms with van der Waals surface area (Å²) in [5.74, 6) is 0.242. The zero-order valence-electron chi connectivity index (χ0n) is 16.3. The maximum atomic E-state index is 12.9. The summed E-state index contributed by atoms with van der Waals surface area (Å²) in [7, 11) is 2.08. The first-order chi connectivity index (χ1) is 13.7. The van der Waals surface area contributed by atoms with Crippen LogP contribution in [0, 0.1) is 6.92 Å². The standard InChI is InChI=1S/C20H23F3N4O2/c1-12-9-13(20(21,22)23)10-16(28)19(12)14-3-4-18(25-24-14)27-7-8-29-17-5-6-26(2)11-15(17)27/h3-4,9-10,15,17,28H,5-8,11H2,1-2H3/t15-,17-/m1/s1. The molecule has 0 unspecified atom stereocenters. The van der Waals surface area contributed by atoms with Crippen molar-refractivity contribution in [1.29, 1.82) is 0 Å². The van der Waals surface area contributed by atoms with E-state index in [0.717, 1.165) is 31.6 Å². The first-order valence-corrected chi connectivity index (χ1v) is 9.56. The van der Waals surface area contributed by atoms with E-state index in [0.29, 0.717) is 30.2 Å². The number of likely N-dealkylation sites (N-methyl/N-ethyl adjacent to an activating group) is 1. The lowest BCUT2D eigenvalue weighted by atomic mass is 9.99. The van der Waals surface area contributed by atoms with Crippen LogP contribution >= 0.6 is 0 Å². The Morgan fingerprint density at radius 1 is 1.17 bits per heavy atom. The Labute approximate surface area is 166 Å². The van der Waals surface area contributed by atoms with E-state index in [1.807, 2.05) is 0 Å². The van der Waals surface area contributed by atoms with Crippen LogP contribution < -0.4 is 4.90 Å². The summed E-state index contributed by atoms with van der Waals surface area (Å²) in [6.07, 6.45) is -3.40. The van der Waals surface area contributed by atoms with E-state index < -0.39 is 17.5 Å². The third kappa shape index (κ3) is 3.89. The van der Waals surface area contributed by atoms with Crippen molar-refractivity contribution in [3.63, 3.8) is 0 Å². The van der Waals surface area contributed by atoms with Crippen LogP contribution in [0.3, 0.4) is 0 Å². The smallest absolute Gasteiger partial charge is 0.416 e. The van der Waals surface area contributed by atoms with Gasteiger partial charge in [0.25, 0.3) is 0 Å². The van der Waals surface area contributed by atoms with Crippen molar-refractivity contribution < 1.29 is 23.0 Å². The van der Waals surface area contributed by atoms with Crippen LogP contribution in [0.2, 0.25) is 0 Å². The number of rotatable bonds is 2. The Morgan fingerprint density at radius 3 is 2.62 bits per heavy atom. The number of alkyl halides is 3. The minimum Gasteiger partial charge on any atom is -0.507 e. The quantitative estimate of drug-likeness (QED) is 0.824. The van der Waals surface area contributed by atoms with Gasteiger partial charge in [0.05, 0.1) is 30.0 Å². The van der Waals surface area contributed by atoms with Crippen molar-refractivity contribution in [1.82, 2.24) is 15.1 Å². The molecule has 2 aliphatic rings. The highest BCUT2D eigenvalue weighted by atomic mass is 19.4.